The molecule has 0 fully saturated rings. The molecular formula is C41H36Cl3N6O9P. The number of phosphoric acid groups is 1. The smallest absolute Gasteiger partial charge is 0.469 e. The van der Waals surface area contributed by atoms with Gasteiger partial charge in [0.1, 0.15) is 34.5 Å². The van der Waals surface area contributed by atoms with Gasteiger partial charge in [-0.25, -0.2) is 9.55 Å². The molecule has 60 heavy (non-hydrogen) atoms. The first kappa shape index (κ1) is 39.3. The van der Waals surface area contributed by atoms with Crippen molar-refractivity contribution < 1.29 is 42.0 Å². The fourth-order valence-corrected chi connectivity index (χ4v) is 10.4. The summed E-state index contributed by atoms with van der Waals surface area (Å²) in [5, 5.41) is 11.0. The number of oxazole rings is 2. The number of hydrogen-bond acceptors (Lipinski definition) is 10. The van der Waals surface area contributed by atoms with Crippen LogP contribution in [0.3, 0.4) is 0 Å². The highest BCUT2D eigenvalue weighted by Crippen LogP contribution is 2.62. The second-order valence-electron chi connectivity index (χ2n) is 16.2. The summed E-state index contributed by atoms with van der Waals surface area (Å²) in [7, 11) is -3.23. The lowest BCUT2D eigenvalue weighted by Crippen LogP contribution is -2.53. The average molecular weight is 894 g/mol. The monoisotopic (exact) mass is 892 g/mol. The van der Waals surface area contributed by atoms with Crippen molar-refractivity contribution in [3.05, 3.63) is 92.2 Å². The Hall–Kier alpha value is -4.86. The van der Waals surface area contributed by atoms with Crippen LogP contribution in [0.25, 0.3) is 44.9 Å². The molecule has 6 aromatic rings. The molecule has 1 spiro atoms. The van der Waals surface area contributed by atoms with Crippen molar-refractivity contribution in [1.29, 1.82) is 0 Å². The first-order chi connectivity index (χ1) is 28.5. The van der Waals surface area contributed by atoms with Gasteiger partial charge in [-0.1, -0.05) is 86.8 Å². The molecule has 5 N–H and O–H groups in total. The van der Waals surface area contributed by atoms with Crippen LogP contribution >= 0.6 is 42.6 Å². The number of hydrogen-bond donors (Lipinski definition) is 5. The van der Waals surface area contributed by atoms with Gasteiger partial charge in [0.15, 0.2) is 28.6 Å². The number of fused-ring (bicyclic) bond motifs is 7. The predicted molar refractivity (Wildman–Crippen MR) is 222 cm³/mol. The Labute approximate surface area is 356 Å². The summed E-state index contributed by atoms with van der Waals surface area (Å²) in [5.74, 6) is -1.34. The van der Waals surface area contributed by atoms with Crippen molar-refractivity contribution in [2.45, 2.75) is 63.9 Å². The summed E-state index contributed by atoms with van der Waals surface area (Å²) < 4.78 is 39.1. The molecule has 19 heteroatoms. The Bertz CT molecular complexity index is 2900. The van der Waals surface area contributed by atoms with Crippen molar-refractivity contribution in [2.24, 2.45) is 18.9 Å². The molecule has 15 nitrogen and oxygen atoms in total. The predicted octanol–water partition coefficient (Wildman–Crippen LogP) is 7.90. The van der Waals surface area contributed by atoms with Crippen LogP contribution in [0.5, 0.6) is 5.75 Å². The van der Waals surface area contributed by atoms with Gasteiger partial charge in [0.2, 0.25) is 11.8 Å². The van der Waals surface area contributed by atoms with Crippen molar-refractivity contribution in [1.82, 2.24) is 25.2 Å². The topological polar surface area (TPSA) is 203 Å². The number of carbonyl (C=O) groups is 2. The molecule has 1 unspecified atom stereocenters. The Balaban J connectivity index is 1.26. The largest absolute Gasteiger partial charge is 0.470 e. The van der Waals surface area contributed by atoms with Crippen molar-refractivity contribution in [2.75, 3.05) is 5.32 Å². The molecule has 0 aliphatic carbocycles. The Morgan fingerprint density at radius 1 is 1.03 bits per heavy atom. The van der Waals surface area contributed by atoms with Crippen LogP contribution in [0.15, 0.2) is 57.4 Å². The van der Waals surface area contributed by atoms with Gasteiger partial charge >= 0.3 is 7.82 Å². The summed E-state index contributed by atoms with van der Waals surface area (Å²) in [6.07, 6.45) is -2.43. The maximum absolute atomic E-state index is 14.4. The number of halogens is 3. The van der Waals surface area contributed by atoms with Crippen molar-refractivity contribution in [3.8, 4) is 39.8 Å². The molecule has 3 aromatic carbocycles. The van der Waals surface area contributed by atoms with Crippen LogP contribution in [-0.2, 0) is 37.6 Å². The molecule has 2 amide bonds. The summed E-state index contributed by atoms with van der Waals surface area (Å²) >= 11 is 21.3. The molecular weight excluding hydrogens is 858 g/mol. The van der Waals surface area contributed by atoms with Gasteiger partial charge in [0.05, 0.1) is 11.1 Å². The normalized spacial score (nSPS) is 21.5. The molecule has 10 bridgehead atoms. The van der Waals surface area contributed by atoms with Crippen LogP contribution in [0.1, 0.15) is 62.1 Å². The average Bonchev–Trinajstić information content (AvgIpc) is 3.98. The number of benzene rings is 3. The first-order valence-corrected chi connectivity index (χ1v) is 21.8. The van der Waals surface area contributed by atoms with E-state index in [9.17, 15) is 23.9 Å². The highest BCUT2D eigenvalue weighted by atomic mass is 35.5. The van der Waals surface area contributed by atoms with Gasteiger partial charge in [-0.15, -0.1) is 0 Å². The van der Waals surface area contributed by atoms with E-state index in [0.717, 1.165) is 27.7 Å². The lowest BCUT2D eigenvalue weighted by molar-refractivity contribution is -0.135. The fraction of sp³-hybridized carbons (Fsp3) is 0.317. The third-order valence-electron chi connectivity index (χ3n) is 11.8. The lowest BCUT2D eigenvalue weighted by atomic mass is 9.72. The van der Waals surface area contributed by atoms with Crippen molar-refractivity contribution in [3.63, 3.8) is 0 Å². The molecule has 7 heterocycles. The summed E-state index contributed by atoms with van der Waals surface area (Å²) in [5.41, 5.74) is 4.41. The quantitative estimate of drug-likeness (QED) is 0.101. The minimum absolute atomic E-state index is 0.0261. The van der Waals surface area contributed by atoms with Gasteiger partial charge in [0.25, 0.3) is 11.8 Å². The molecule has 4 aliphatic heterocycles. The number of anilines is 1. The minimum atomic E-state index is -5.08. The summed E-state index contributed by atoms with van der Waals surface area (Å²) in [6.45, 7) is 6.90. The highest BCUT2D eigenvalue weighted by Gasteiger charge is 2.62. The van der Waals surface area contributed by atoms with E-state index >= 15 is 0 Å². The standard InChI is InChI=1S/C41H36Cl3N6O9P/c1-15(2)28-38-47-30-33(58-38)41-21-11-17(12-23(36(51)46-28)45-37(52)31(16(3)4)59-60(53,54)55)9-10-25(21)56-40(41)48-29-20(13-18(42)14-22(29)41)19-7-6-8-24-26(19)27(35(44)50(24)5)32-34(43)49-39(30)57-32/h6-11,13-16,23,28,31,40,48H,12H2,1-5H3,(H,45,52)(H,46,51)(H2,53,54,55)/t23-,28-,31-,40?,41+/m0/s1. The van der Waals surface area contributed by atoms with Crippen LogP contribution in [0.4, 0.5) is 5.69 Å². The maximum atomic E-state index is 14.4. The molecule has 0 saturated carbocycles. The second kappa shape index (κ2) is 13.6. The van der Waals surface area contributed by atoms with Gasteiger partial charge in [-0.3, -0.25) is 14.1 Å². The van der Waals surface area contributed by atoms with Gasteiger partial charge in [-0.2, -0.15) is 4.98 Å². The van der Waals surface area contributed by atoms with Crippen molar-refractivity contribution >= 4 is 71.0 Å². The lowest BCUT2D eigenvalue weighted by Gasteiger charge is -2.29. The van der Waals surface area contributed by atoms with E-state index < -0.39 is 55.4 Å². The van der Waals surface area contributed by atoms with Crippen LogP contribution in [-0.4, -0.2) is 54.5 Å². The Morgan fingerprint density at radius 3 is 2.55 bits per heavy atom. The highest BCUT2D eigenvalue weighted by molar-refractivity contribution is 7.46. The SMILES string of the molecule is CC(C)[C@H](OP(=O)(O)O)C(=O)N[C@H]1Cc2ccc3c(c2)[C@]24c5cc(Cl)cc(c5NC2O3)-c2cccc3c2c(c(Cl)n3C)-c2oc(nc2Cl)-c2nc(oc24)[C@H](C(C)C)NC1=O. The van der Waals surface area contributed by atoms with Crippen LogP contribution < -0.4 is 20.7 Å². The van der Waals surface area contributed by atoms with E-state index in [2.05, 4.69) is 16.0 Å². The number of nitrogens with zero attached hydrogens (tertiary/aromatic N) is 3. The van der Waals surface area contributed by atoms with Crippen LogP contribution in [0, 0.1) is 11.8 Å². The number of ether oxygens (including phenoxy) is 1. The number of aryl methyl sites for hydroxylation is 1. The summed E-state index contributed by atoms with van der Waals surface area (Å²) in [6, 6.07) is 12.9. The minimum Gasteiger partial charge on any atom is -0.469 e. The summed E-state index contributed by atoms with van der Waals surface area (Å²) in [4.78, 5) is 57.2. The van der Waals surface area contributed by atoms with E-state index in [4.69, 9.17) is 62.9 Å². The Morgan fingerprint density at radius 2 is 1.82 bits per heavy atom. The number of rotatable bonds is 6. The zero-order valence-corrected chi connectivity index (χ0v) is 35.6. The Kier molecular flexibility index (Phi) is 8.89. The number of phosphoric ester groups is 1. The number of aromatic nitrogens is 3. The van der Waals surface area contributed by atoms with Gasteiger partial charge in [0, 0.05) is 46.3 Å². The van der Waals surface area contributed by atoms with E-state index in [1.165, 1.54) is 0 Å². The van der Waals surface area contributed by atoms with Gasteiger partial charge < -0.3 is 43.9 Å². The number of amides is 2. The molecule has 310 valence electrons. The van der Waals surface area contributed by atoms with E-state index in [1.54, 1.807) is 26.0 Å². The van der Waals surface area contributed by atoms with E-state index in [1.807, 2.05) is 61.9 Å². The fourth-order valence-electron chi connectivity index (χ4n) is 9.09. The third kappa shape index (κ3) is 5.70. The van der Waals surface area contributed by atoms with Gasteiger partial charge in [-0.05, 0) is 47.2 Å². The van der Waals surface area contributed by atoms with E-state index in [-0.39, 0.29) is 40.7 Å². The molecule has 0 radical (unpaired) electrons. The zero-order chi connectivity index (χ0) is 42.3. The molecule has 5 atom stereocenters. The third-order valence-corrected chi connectivity index (χ3v) is 13.2. The molecule has 10 rings (SSSR count). The van der Waals surface area contributed by atoms with E-state index in [0.29, 0.717) is 43.9 Å². The molecule has 0 saturated heterocycles. The van der Waals surface area contributed by atoms with Crippen LogP contribution in [0.2, 0.25) is 15.3 Å². The molecule has 3 aromatic heterocycles. The maximum Gasteiger partial charge on any atom is 0.470 e. The number of nitrogens with one attached hydrogen (secondary N) is 3. The molecule has 4 aliphatic rings. The number of carbonyl (C=O) groups excluding carboxylic acids is 2. The second-order valence-corrected chi connectivity index (χ2v) is 18.6. The first-order valence-electron chi connectivity index (χ1n) is 19.2. The zero-order valence-electron chi connectivity index (χ0n) is 32.5.